The Morgan fingerprint density at radius 2 is 2.36 bits per heavy atom. The monoisotopic (exact) mass is 217 g/mol. The zero-order valence-electron chi connectivity index (χ0n) is 6.75. The van der Waals surface area contributed by atoms with Crippen LogP contribution >= 0.6 is 15.9 Å². The van der Waals surface area contributed by atoms with Gasteiger partial charge in [0.2, 0.25) is 0 Å². The number of alkyl halides is 1. The van der Waals surface area contributed by atoms with E-state index in [9.17, 15) is 4.79 Å². The third-order valence-electron chi connectivity index (χ3n) is 0.994. The highest BCUT2D eigenvalue weighted by molar-refractivity contribution is 9.09. The van der Waals surface area contributed by atoms with E-state index in [1.54, 1.807) is 6.08 Å². The highest BCUT2D eigenvalue weighted by Gasteiger charge is 1.90. The molecule has 0 saturated heterocycles. The van der Waals surface area contributed by atoms with E-state index in [1.807, 2.05) is 19.9 Å². The van der Waals surface area contributed by atoms with E-state index in [2.05, 4.69) is 20.9 Å². The predicted octanol–water partition coefficient (Wildman–Crippen LogP) is 1.99. The first-order chi connectivity index (χ1) is 5.20. The third kappa shape index (κ3) is 5.98. The van der Waals surface area contributed by atoms with Crippen LogP contribution in [0.25, 0.3) is 0 Å². The molecule has 0 aliphatic heterocycles. The average molecular weight is 218 g/mol. The van der Waals surface area contributed by atoms with Crippen molar-refractivity contribution >= 4 is 27.9 Å². The molecule has 62 valence electrons. The topological polar surface area (TPSA) is 29.4 Å². The van der Waals surface area contributed by atoms with E-state index in [0.717, 1.165) is 6.29 Å². The van der Waals surface area contributed by atoms with Crippen LogP contribution in [-0.4, -0.2) is 23.4 Å². The molecule has 3 heteroatoms. The second kappa shape index (κ2) is 6.28. The Morgan fingerprint density at radius 1 is 1.73 bits per heavy atom. The molecule has 0 radical (unpaired) electrons. The highest BCUT2D eigenvalue weighted by Crippen LogP contribution is 1.98. The number of aliphatic imine (C=N–C) groups is 1. The van der Waals surface area contributed by atoms with Crippen molar-refractivity contribution in [1.29, 1.82) is 0 Å². The number of aldehydes is 1. The first-order valence-corrected chi connectivity index (χ1v) is 4.44. The van der Waals surface area contributed by atoms with E-state index in [1.165, 1.54) is 0 Å². The molecule has 0 aromatic heterocycles. The van der Waals surface area contributed by atoms with Gasteiger partial charge in [0, 0.05) is 11.4 Å². The van der Waals surface area contributed by atoms with Crippen LogP contribution in [0.1, 0.15) is 13.8 Å². The molecular formula is C8H12BrNO. The van der Waals surface area contributed by atoms with Crippen LogP contribution < -0.4 is 0 Å². The van der Waals surface area contributed by atoms with Crippen molar-refractivity contribution in [3.63, 3.8) is 0 Å². The van der Waals surface area contributed by atoms with Gasteiger partial charge in [-0.1, -0.05) is 22.0 Å². The summed E-state index contributed by atoms with van der Waals surface area (Å²) >= 11 is 3.33. The maximum Gasteiger partial charge on any atom is 0.167 e. The average Bonchev–Trinajstić information content (AvgIpc) is 1.97. The Bertz CT molecular complexity index is 173. The van der Waals surface area contributed by atoms with E-state index >= 15 is 0 Å². The quantitative estimate of drug-likeness (QED) is 0.403. The number of carbonyl (C=O) groups excluding carboxylic acids is 1. The number of hydrogen-bond acceptors (Lipinski definition) is 2. The fourth-order valence-corrected chi connectivity index (χ4v) is 0.696. The predicted molar refractivity (Wildman–Crippen MR) is 51.6 cm³/mol. The van der Waals surface area contributed by atoms with Crippen molar-refractivity contribution in [3.8, 4) is 0 Å². The van der Waals surface area contributed by atoms with Crippen molar-refractivity contribution in [2.75, 3.05) is 6.54 Å². The second-order valence-corrected chi connectivity index (χ2v) is 3.50. The van der Waals surface area contributed by atoms with Crippen LogP contribution in [-0.2, 0) is 4.79 Å². The first-order valence-electron chi connectivity index (χ1n) is 3.52. The van der Waals surface area contributed by atoms with Gasteiger partial charge in [-0.3, -0.25) is 9.79 Å². The van der Waals surface area contributed by atoms with Crippen molar-refractivity contribution in [1.82, 2.24) is 0 Å². The number of hydrogen-bond donors (Lipinski definition) is 0. The van der Waals surface area contributed by atoms with Gasteiger partial charge in [-0.15, -0.1) is 0 Å². The maximum atomic E-state index is 10.3. The highest BCUT2D eigenvalue weighted by atomic mass is 79.9. The first kappa shape index (κ1) is 10.6. The molecule has 0 heterocycles. The van der Waals surface area contributed by atoms with Crippen molar-refractivity contribution in [2.45, 2.75) is 18.7 Å². The third-order valence-corrected chi connectivity index (χ3v) is 1.30. The van der Waals surface area contributed by atoms with Gasteiger partial charge in [0.05, 0.1) is 5.71 Å². The summed E-state index contributed by atoms with van der Waals surface area (Å²) in [5.41, 5.74) is 0.499. The van der Waals surface area contributed by atoms with Gasteiger partial charge in [-0.25, -0.2) is 0 Å². The fourth-order valence-electron chi connectivity index (χ4n) is 0.543. The molecule has 0 aromatic carbocycles. The summed E-state index contributed by atoms with van der Waals surface area (Å²) in [4.78, 5) is 14.5. The SMILES string of the molecule is CCN=C(C=O)/C=C\C(C)Br. The lowest BCUT2D eigenvalue weighted by Crippen LogP contribution is -1.96. The zero-order chi connectivity index (χ0) is 8.69. The van der Waals surface area contributed by atoms with Crippen LogP contribution in [0.2, 0.25) is 0 Å². The Hall–Kier alpha value is -0.440. The molecule has 0 bridgehead atoms. The van der Waals surface area contributed by atoms with Crippen LogP contribution in [0.3, 0.4) is 0 Å². The molecule has 2 nitrogen and oxygen atoms in total. The van der Waals surface area contributed by atoms with Crippen LogP contribution in [0.4, 0.5) is 0 Å². The van der Waals surface area contributed by atoms with Gasteiger partial charge in [-0.05, 0) is 19.9 Å². The number of allylic oxidation sites excluding steroid dienone is 2. The lowest BCUT2D eigenvalue weighted by Gasteiger charge is -1.91. The number of carbonyl (C=O) groups is 1. The molecule has 0 aliphatic carbocycles. The van der Waals surface area contributed by atoms with Gasteiger partial charge in [0.15, 0.2) is 6.29 Å². The molecule has 0 fully saturated rings. The largest absolute Gasteiger partial charge is 0.296 e. The van der Waals surface area contributed by atoms with Gasteiger partial charge in [0.25, 0.3) is 0 Å². The minimum Gasteiger partial charge on any atom is -0.296 e. The molecule has 0 amide bonds. The van der Waals surface area contributed by atoms with Crippen molar-refractivity contribution in [3.05, 3.63) is 12.2 Å². The summed E-state index contributed by atoms with van der Waals surface area (Å²) in [6.07, 6.45) is 4.36. The van der Waals surface area contributed by atoms with Gasteiger partial charge >= 0.3 is 0 Å². The van der Waals surface area contributed by atoms with Gasteiger partial charge in [-0.2, -0.15) is 0 Å². The zero-order valence-corrected chi connectivity index (χ0v) is 8.34. The summed E-state index contributed by atoms with van der Waals surface area (Å²) in [6, 6.07) is 0. The number of rotatable bonds is 4. The summed E-state index contributed by atoms with van der Waals surface area (Å²) in [6.45, 7) is 4.52. The molecule has 0 spiro atoms. The summed E-state index contributed by atoms with van der Waals surface area (Å²) in [7, 11) is 0. The Balaban J connectivity index is 4.08. The lowest BCUT2D eigenvalue weighted by atomic mass is 10.3. The molecule has 1 atom stereocenters. The smallest absolute Gasteiger partial charge is 0.167 e. The van der Waals surface area contributed by atoms with Crippen LogP contribution in [0.15, 0.2) is 17.1 Å². The van der Waals surface area contributed by atoms with Gasteiger partial charge in [0.1, 0.15) is 0 Å². The van der Waals surface area contributed by atoms with Crippen molar-refractivity contribution in [2.24, 2.45) is 4.99 Å². The molecule has 0 aromatic rings. The fraction of sp³-hybridized carbons (Fsp3) is 0.500. The lowest BCUT2D eigenvalue weighted by molar-refractivity contribution is -0.102. The van der Waals surface area contributed by atoms with E-state index < -0.39 is 0 Å². The van der Waals surface area contributed by atoms with E-state index in [-0.39, 0.29) is 4.83 Å². The Morgan fingerprint density at radius 3 is 2.73 bits per heavy atom. The molecule has 0 aliphatic rings. The van der Waals surface area contributed by atoms with E-state index in [0.29, 0.717) is 12.3 Å². The molecule has 1 unspecified atom stereocenters. The number of halogens is 1. The standard InChI is InChI=1S/C8H12BrNO/c1-3-10-8(6-11)5-4-7(2)9/h4-7H,3H2,1-2H3/b5-4-,10-8?. The number of nitrogens with zero attached hydrogens (tertiary/aromatic N) is 1. The molecule has 11 heavy (non-hydrogen) atoms. The second-order valence-electron chi connectivity index (χ2n) is 2.05. The molecule has 0 rings (SSSR count). The normalized spacial score (nSPS) is 15.4. The minimum absolute atomic E-state index is 0.282. The van der Waals surface area contributed by atoms with Crippen molar-refractivity contribution < 1.29 is 4.79 Å². The molecule has 0 N–H and O–H groups in total. The summed E-state index contributed by atoms with van der Waals surface area (Å²) in [5.74, 6) is 0. The molecular weight excluding hydrogens is 206 g/mol. The minimum atomic E-state index is 0.282. The van der Waals surface area contributed by atoms with Crippen LogP contribution in [0.5, 0.6) is 0 Å². The Kier molecular flexibility index (Phi) is 6.03. The van der Waals surface area contributed by atoms with Crippen LogP contribution in [0, 0.1) is 0 Å². The van der Waals surface area contributed by atoms with E-state index in [4.69, 9.17) is 0 Å². The maximum absolute atomic E-state index is 10.3. The molecule has 0 saturated carbocycles. The van der Waals surface area contributed by atoms with Gasteiger partial charge < -0.3 is 0 Å². The summed E-state index contributed by atoms with van der Waals surface area (Å²) < 4.78 is 0. The Labute approximate surface area is 75.5 Å². The summed E-state index contributed by atoms with van der Waals surface area (Å²) in [5, 5.41) is 0.